The van der Waals surface area contributed by atoms with Crippen LogP contribution in [0.15, 0.2) is 128 Å². The van der Waals surface area contributed by atoms with Gasteiger partial charge >= 0.3 is 0 Å². The number of anilines is 4. The summed E-state index contributed by atoms with van der Waals surface area (Å²) in [5.74, 6) is 3.02. The molecule has 4 N–H and O–H groups in total. The molecule has 12 nitrogen and oxygen atoms in total. The molecule has 6 aromatic rings. The molecule has 2 aliphatic rings. The highest BCUT2D eigenvalue weighted by Gasteiger charge is 2.23. The summed E-state index contributed by atoms with van der Waals surface area (Å²) < 4.78 is 25.4. The fourth-order valence-corrected chi connectivity index (χ4v) is 7.91. The predicted molar refractivity (Wildman–Crippen MR) is 247 cm³/mol. The maximum absolute atomic E-state index is 13.2. The van der Waals surface area contributed by atoms with Crippen molar-refractivity contribution >= 4 is 57.7 Å². The van der Waals surface area contributed by atoms with E-state index in [9.17, 15) is 4.39 Å². The molecule has 2 fully saturated rings. The highest BCUT2D eigenvalue weighted by Crippen LogP contribution is 2.26. The van der Waals surface area contributed by atoms with E-state index in [4.69, 9.17) is 38.9 Å². The number of pyridine rings is 4. The Labute approximate surface area is 366 Å². The number of thiocarbonyl (C=S) groups is 2. The van der Waals surface area contributed by atoms with Crippen LogP contribution in [0.4, 0.5) is 27.4 Å². The maximum atomic E-state index is 13.2. The third-order valence-electron chi connectivity index (χ3n) is 10.6. The first-order valence-electron chi connectivity index (χ1n) is 20.4. The van der Waals surface area contributed by atoms with Gasteiger partial charge in [0.15, 0.2) is 10.2 Å². The normalized spacial score (nSPS) is 14.5. The fourth-order valence-electron chi connectivity index (χ4n) is 7.35. The number of hydrogen-bond acceptors (Lipinski definition) is 10. The first-order chi connectivity index (χ1) is 29.9. The number of benzene rings is 2. The van der Waals surface area contributed by atoms with Crippen LogP contribution in [0.2, 0.25) is 0 Å². The molecule has 0 unspecified atom stereocenters. The summed E-state index contributed by atoms with van der Waals surface area (Å²) in [6.45, 7) is 4.17. The van der Waals surface area contributed by atoms with Gasteiger partial charge in [-0.25, -0.2) is 14.4 Å². The molecule has 0 amide bonds. The van der Waals surface area contributed by atoms with Crippen molar-refractivity contribution in [2.75, 3.05) is 46.6 Å². The van der Waals surface area contributed by atoms with Gasteiger partial charge in [0.25, 0.3) is 0 Å². The van der Waals surface area contributed by atoms with E-state index in [1.807, 2.05) is 54.6 Å². The maximum Gasteiger partial charge on any atom is 0.171 e. The lowest BCUT2D eigenvalue weighted by molar-refractivity contribution is 0.305. The number of halogens is 1. The van der Waals surface area contributed by atoms with Gasteiger partial charge in [-0.1, -0.05) is 30.3 Å². The van der Waals surface area contributed by atoms with Crippen molar-refractivity contribution in [3.05, 3.63) is 145 Å². The summed E-state index contributed by atoms with van der Waals surface area (Å²) >= 11 is 11.2. The lowest BCUT2D eigenvalue weighted by atomic mass is 10.1. The quantitative estimate of drug-likeness (QED) is 0.0836. The summed E-state index contributed by atoms with van der Waals surface area (Å²) in [6.07, 6.45) is 12.6. The van der Waals surface area contributed by atoms with E-state index in [-0.39, 0.29) is 17.9 Å². The van der Waals surface area contributed by atoms with Crippen LogP contribution in [0, 0.1) is 5.82 Å². The molecule has 2 aliphatic heterocycles. The van der Waals surface area contributed by atoms with Crippen molar-refractivity contribution in [3.8, 4) is 22.8 Å². The second-order valence-electron chi connectivity index (χ2n) is 15.0. The third-order valence-corrected chi connectivity index (χ3v) is 11.1. The number of piperidine rings is 2. The highest BCUT2D eigenvalue weighted by molar-refractivity contribution is 7.80. The second-order valence-corrected chi connectivity index (χ2v) is 15.8. The molecule has 0 spiro atoms. The Morgan fingerprint density at radius 3 is 1.75 bits per heavy atom. The molecule has 2 aromatic carbocycles. The zero-order valence-corrected chi connectivity index (χ0v) is 35.2. The number of rotatable bonds is 13. The van der Waals surface area contributed by atoms with Gasteiger partial charge in [-0.3, -0.25) is 9.97 Å². The van der Waals surface area contributed by atoms with Gasteiger partial charge in [-0.05, 0) is 116 Å². The Morgan fingerprint density at radius 2 is 1.20 bits per heavy atom. The van der Waals surface area contributed by atoms with E-state index in [0.717, 1.165) is 109 Å². The standard InChI is InChI=1S/C46H47FN10O2S2/c47-35-8-6-32(7-9-35)30-58-40-12-19-49-43(26-40)56-23-16-37(17-24-56)53-46(61)55-39-10-11-42(51-29-39)34-4-1-3-33(25-34)31-59-41-13-20-50-44(27-41)57-21-14-36(15-22-57)52-45(60)54-38-5-2-18-48-28-38/h1-13,18-20,25-29,36-37H,14-17,21-24,30-31H2,(H2,52,54,60)(H2,53,55,61). The minimum Gasteiger partial charge on any atom is -0.489 e. The molecule has 2 saturated heterocycles. The van der Waals surface area contributed by atoms with Crippen molar-refractivity contribution in [2.24, 2.45) is 0 Å². The SMILES string of the molecule is Fc1ccc(COc2ccnc(N3CCC(NC(=S)Nc4ccc(-c5cccc(COc6ccnc(N7CCC(NC(=S)Nc8cccnc8)CC7)c6)c5)nc4)CC3)c2)cc1. The largest absolute Gasteiger partial charge is 0.489 e. The zero-order valence-electron chi connectivity index (χ0n) is 33.5. The van der Waals surface area contributed by atoms with E-state index in [2.05, 4.69) is 64.2 Å². The average molecular weight is 855 g/mol. The van der Waals surface area contributed by atoms with Crippen molar-refractivity contribution in [3.63, 3.8) is 0 Å². The van der Waals surface area contributed by atoms with Gasteiger partial charge in [0.2, 0.25) is 0 Å². The van der Waals surface area contributed by atoms with Crippen LogP contribution in [0.25, 0.3) is 11.3 Å². The third kappa shape index (κ3) is 11.9. The Morgan fingerprint density at radius 1 is 0.607 bits per heavy atom. The lowest BCUT2D eigenvalue weighted by Crippen LogP contribution is -2.46. The molecular formula is C46H47FN10O2S2. The fraction of sp³-hybridized carbons (Fsp3) is 0.261. The van der Waals surface area contributed by atoms with Crippen LogP contribution in [0.1, 0.15) is 36.8 Å². The summed E-state index contributed by atoms with van der Waals surface area (Å²) in [7, 11) is 0. The number of hydrogen-bond donors (Lipinski definition) is 4. The number of nitrogens with zero attached hydrogens (tertiary/aromatic N) is 6. The van der Waals surface area contributed by atoms with Crippen molar-refractivity contribution in [1.29, 1.82) is 0 Å². The first-order valence-corrected chi connectivity index (χ1v) is 21.2. The molecule has 4 aromatic heterocycles. The van der Waals surface area contributed by atoms with Crippen LogP contribution in [0.5, 0.6) is 11.5 Å². The number of ether oxygens (including phenoxy) is 2. The Balaban J connectivity index is 0.760. The van der Waals surface area contributed by atoms with Gasteiger partial charge in [-0.15, -0.1) is 0 Å². The molecule has 61 heavy (non-hydrogen) atoms. The molecule has 0 bridgehead atoms. The molecule has 0 atom stereocenters. The average Bonchev–Trinajstić information content (AvgIpc) is 3.29. The summed E-state index contributed by atoms with van der Waals surface area (Å²) in [5.41, 5.74) is 5.49. The van der Waals surface area contributed by atoms with Gasteiger partial charge in [-0.2, -0.15) is 0 Å². The van der Waals surface area contributed by atoms with Crippen molar-refractivity contribution in [2.45, 2.75) is 51.0 Å². The van der Waals surface area contributed by atoms with Crippen LogP contribution in [-0.2, 0) is 13.2 Å². The molecule has 0 radical (unpaired) electrons. The van der Waals surface area contributed by atoms with E-state index in [1.54, 1.807) is 43.1 Å². The van der Waals surface area contributed by atoms with Crippen molar-refractivity contribution in [1.82, 2.24) is 30.6 Å². The summed E-state index contributed by atoms with van der Waals surface area (Å²) in [5, 5.41) is 14.6. The highest BCUT2D eigenvalue weighted by atomic mass is 32.1. The van der Waals surface area contributed by atoms with Crippen molar-refractivity contribution < 1.29 is 13.9 Å². The molecule has 15 heteroatoms. The molecule has 0 aliphatic carbocycles. The smallest absolute Gasteiger partial charge is 0.171 e. The van der Waals surface area contributed by atoms with Gasteiger partial charge in [0, 0.05) is 74.5 Å². The van der Waals surface area contributed by atoms with Gasteiger partial charge in [0.1, 0.15) is 42.2 Å². The molecular weight excluding hydrogens is 808 g/mol. The lowest BCUT2D eigenvalue weighted by Gasteiger charge is -2.33. The number of aromatic nitrogens is 4. The predicted octanol–water partition coefficient (Wildman–Crippen LogP) is 8.14. The van der Waals surface area contributed by atoms with E-state index >= 15 is 0 Å². The minimum atomic E-state index is -0.260. The summed E-state index contributed by atoms with van der Waals surface area (Å²) in [4.78, 5) is 22.6. The van der Waals surface area contributed by atoms with Crippen LogP contribution < -0.4 is 40.5 Å². The zero-order chi connectivity index (χ0) is 41.8. The van der Waals surface area contributed by atoms with Crippen LogP contribution in [0.3, 0.4) is 0 Å². The van der Waals surface area contributed by atoms with Gasteiger partial charge in [0.05, 0.1) is 29.5 Å². The Bertz CT molecular complexity index is 2380. The van der Waals surface area contributed by atoms with Gasteiger partial charge < -0.3 is 40.5 Å². The molecule has 0 saturated carbocycles. The topological polar surface area (TPSA) is 125 Å². The minimum absolute atomic E-state index is 0.233. The Hall–Kier alpha value is -6.45. The molecule has 312 valence electrons. The van der Waals surface area contributed by atoms with Crippen LogP contribution >= 0.6 is 24.4 Å². The summed E-state index contributed by atoms with van der Waals surface area (Å²) in [6, 6.07) is 30.6. The number of nitrogens with one attached hydrogen (secondary N) is 4. The Kier molecular flexibility index (Phi) is 13.7. The molecule has 6 heterocycles. The van der Waals surface area contributed by atoms with E-state index in [1.165, 1.54) is 12.1 Å². The second kappa shape index (κ2) is 20.2. The monoisotopic (exact) mass is 854 g/mol. The van der Waals surface area contributed by atoms with E-state index < -0.39 is 0 Å². The first kappa shape index (κ1) is 41.3. The molecule has 8 rings (SSSR count). The van der Waals surface area contributed by atoms with Crippen LogP contribution in [-0.4, -0.2) is 68.4 Å². The van der Waals surface area contributed by atoms with E-state index in [0.29, 0.717) is 23.4 Å².